The van der Waals surface area contributed by atoms with Crippen LogP contribution in [0.3, 0.4) is 0 Å². The van der Waals surface area contributed by atoms with Crippen LogP contribution in [0.25, 0.3) is 0 Å². The van der Waals surface area contributed by atoms with Gasteiger partial charge in [-0.3, -0.25) is 12.2 Å². The normalized spacial score (nSPS) is 16.6. The van der Waals surface area contributed by atoms with Gasteiger partial charge in [-0.15, -0.1) is 12.8 Å². The Kier molecular flexibility index (Phi) is 11.7. The van der Waals surface area contributed by atoms with E-state index in [4.69, 9.17) is 17.0 Å². The van der Waals surface area contributed by atoms with Gasteiger partial charge in [-0.05, 0) is 10.1 Å². The Hall–Kier alpha value is 0.857. The van der Waals surface area contributed by atoms with E-state index >= 15 is 0 Å². The quantitative estimate of drug-likeness (QED) is 0.252. The molecule has 0 unspecified atom stereocenters. The predicted molar refractivity (Wildman–Crippen MR) is 127 cm³/mol. The number of halogens is 2. The van der Waals surface area contributed by atoms with Gasteiger partial charge in [-0.1, -0.05) is 67.7 Å². The third kappa shape index (κ3) is 8.25. The molecule has 0 heterocycles. The molecule has 5 heteroatoms. The van der Waals surface area contributed by atoms with E-state index in [0.717, 1.165) is 12.8 Å². The molecule has 0 amide bonds. The molecule has 0 spiro atoms. The zero-order valence-corrected chi connectivity index (χ0v) is 24.9. The minimum atomic E-state index is -1.25. The summed E-state index contributed by atoms with van der Waals surface area (Å²) in [7, 11) is 7.36. The zero-order valence-electron chi connectivity index (χ0n) is 19.0. The summed E-state index contributed by atoms with van der Waals surface area (Å²) in [6.07, 6.45) is 18.0. The van der Waals surface area contributed by atoms with Gasteiger partial charge in [0.25, 0.3) is 0 Å². The summed E-state index contributed by atoms with van der Waals surface area (Å²) in [4.78, 5) is 0. The molecule has 0 nitrogen and oxygen atoms in total. The van der Waals surface area contributed by atoms with Crippen LogP contribution < -0.4 is 0 Å². The van der Waals surface area contributed by atoms with Crippen LogP contribution in [-0.4, -0.2) is 16.1 Å². The summed E-state index contributed by atoms with van der Waals surface area (Å²) in [5.41, 5.74) is 0. The molecule has 0 aromatic heterocycles. The van der Waals surface area contributed by atoms with Crippen molar-refractivity contribution in [3.05, 3.63) is 46.8 Å². The summed E-state index contributed by atoms with van der Waals surface area (Å²) in [5.74, 6) is 0. The standard InChI is InChI=1S/2C11H19Si.2ClH.Zr/c2*1-11(2,3)12(4,5)10-8-6-7-9-10;;;/h2*6,8H,7H2,1-5H3;2*1H;/q2*-1;;;+4/p-2. The van der Waals surface area contributed by atoms with Gasteiger partial charge in [0.05, 0.1) is 0 Å². The molecule has 0 aliphatic heterocycles. The number of rotatable bonds is 2. The molecule has 2 aliphatic rings. The van der Waals surface area contributed by atoms with Crippen LogP contribution in [0.1, 0.15) is 54.4 Å². The Balaban J connectivity index is 0.000000438. The van der Waals surface area contributed by atoms with E-state index in [1.807, 2.05) is 0 Å². The molecule has 0 fully saturated rings. The topological polar surface area (TPSA) is 0 Å². The second-order valence-electron chi connectivity index (χ2n) is 10.2. The summed E-state index contributed by atoms with van der Waals surface area (Å²) in [6, 6.07) is 0. The van der Waals surface area contributed by atoms with Crippen molar-refractivity contribution in [1.29, 1.82) is 0 Å². The summed E-state index contributed by atoms with van der Waals surface area (Å²) >= 11 is -0.826. The van der Waals surface area contributed by atoms with Gasteiger partial charge in [0.1, 0.15) is 0 Å². The molecule has 2 aliphatic carbocycles. The molecule has 0 atom stereocenters. The molecule has 0 N–H and O–H groups in total. The van der Waals surface area contributed by atoms with Crippen molar-refractivity contribution in [3.8, 4) is 0 Å². The van der Waals surface area contributed by atoms with Gasteiger partial charge in [-0.25, -0.2) is 22.5 Å². The fourth-order valence-corrected chi connectivity index (χ4v) is 6.25. The van der Waals surface area contributed by atoms with E-state index in [1.165, 1.54) is 10.4 Å². The number of hydrogen-bond donors (Lipinski definition) is 0. The van der Waals surface area contributed by atoms with E-state index < -0.39 is 37.0 Å². The molecular weight excluding hydrogens is 483 g/mol. The third-order valence-electron chi connectivity index (χ3n) is 6.49. The average molecular weight is 521 g/mol. The third-order valence-corrected chi connectivity index (χ3v) is 17.4. The van der Waals surface area contributed by atoms with E-state index in [2.05, 4.69) is 104 Å². The molecule has 0 aromatic carbocycles. The Labute approximate surface area is 190 Å². The average Bonchev–Trinajstić information content (AvgIpc) is 3.21. The molecule has 152 valence electrons. The van der Waals surface area contributed by atoms with Gasteiger partial charge in [-0.2, -0.15) is 12.2 Å². The molecule has 0 saturated heterocycles. The molecule has 2 rings (SSSR count). The maximum absolute atomic E-state index is 4.93. The molecule has 0 aromatic rings. The van der Waals surface area contributed by atoms with E-state index in [0.29, 0.717) is 10.1 Å². The SMILES string of the molecule is CC(C)(C)[Si](C)(C)C1=[C-]CC=C1.CC(C)(C)[Si](C)(C)C1=[C-]CC=C1.[Cl][Zr+2][Cl]. The van der Waals surface area contributed by atoms with Gasteiger partial charge in [0.15, 0.2) is 0 Å². The fourth-order valence-electron chi connectivity index (χ4n) is 2.48. The first kappa shape index (κ1) is 27.9. The molecule has 0 radical (unpaired) electrons. The van der Waals surface area contributed by atoms with Gasteiger partial charge < -0.3 is 0 Å². The molecule has 0 bridgehead atoms. The number of allylic oxidation sites excluding steroid dienone is 8. The van der Waals surface area contributed by atoms with Crippen molar-refractivity contribution in [3.63, 3.8) is 0 Å². The second-order valence-corrected chi connectivity index (χ2v) is 24.5. The number of hydrogen-bond acceptors (Lipinski definition) is 0. The Morgan fingerprint density at radius 2 is 1.00 bits per heavy atom. The Morgan fingerprint density at radius 3 is 1.15 bits per heavy atom. The molecule has 27 heavy (non-hydrogen) atoms. The first-order valence-corrected chi connectivity index (χ1v) is 22.0. The van der Waals surface area contributed by atoms with Gasteiger partial charge in [0, 0.05) is 16.1 Å². The van der Waals surface area contributed by atoms with Crippen LogP contribution >= 0.6 is 17.0 Å². The summed E-state index contributed by atoms with van der Waals surface area (Å²) < 4.78 is 0. The zero-order chi connectivity index (χ0) is 21.5. The van der Waals surface area contributed by atoms with Crippen molar-refractivity contribution in [2.75, 3.05) is 0 Å². The van der Waals surface area contributed by atoms with Crippen LogP contribution in [0.15, 0.2) is 34.7 Å². The van der Waals surface area contributed by atoms with Crippen LogP contribution in [0.5, 0.6) is 0 Å². The monoisotopic (exact) mass is 518 g/mol. The van der Waals surface area contributed by atoms with Crippen LogP contribution in [0, 0.1) is 12.2 Å². The van der Waals surface area contributed by atoms with E-state index in [9.17, 15) is 0 Å². The van der Waals surface area contributed by atoms with E-state index in [1.54, 1.807) is 0 Å². The van der Waals surface area contributed by atoms with Gasteiger partial charge >= 0.3 is 37.9 Å². The molecule has 0 saturated carbocycles. The summed E-state index contributed by atoms with van der Waals surface area (Å²) in [6.45, 7) is 23.8. The van der Waals surface area contributed by atoms with Crippen molar-refractivity contribution in [2.24, 2.45) is 0 Å². The van der Waals surface area contributed by atoms with Crippen LogP contribution in [0.2, 0.25) is 36.3 Å². The van der Waals surface area contributed by atoms with Crippen molar-refractivity contribution >= 4 is 33.2 Å². The first-order valence-electron chi connectivity index (χ1n) is 9.65. The predicted octanol–water partition coefficient (Wildman–Crippen LogP) is 8.82. The van der Waals surface area contributed by atoms with E-state index in [-0.39, 0.29) is 0 Å². The van der Waals surface area contributed by atoms with Crippen molar-refractivity contribution in [1.82, 2.24) is 0 Å². The minimum absolute atomic E-state index is 0.448. The Morgan fingerprint density at radius 1 is 0.741 bits per heavy atom. The first-order chi connectivity index (χ1) is 12.1. The van der Waals surface area contributed by atoms with Crippen molar-refractivity contribution in [2.45, 2.75) is 90.6 Å². The Bertz CT molecular complexity index is 534. The van der Waals surface area contributed by atoms with Crippen molar-refractivity contribution < 1.29 is 20.8 Å². The molecular formula is C22H38Cl2Si2Zr. The van der Waals surface area contributed by atoms with Gasteiger partial charge in [0.2, 0.25) is 0 Å². The fraction of sp³-hybridized carbons (Fsp3) is 0.636. The second kappa shape index (κ2) is 11.3. The van der Waals surface area contributed by atoms with Crippen LogP contribution in [-0.2, 0) is 20.8 Å². The van der Waals surface area contributed by atoms with Crippen LogP contribution in [0.4, 0.5) is 0 Å². The maximum atomic E-state index is 4.93. The summed E-state index contributed by atoms with van der Waals surface area (Å²) in [5, 5.41) is 3.92.